The van der Waals surface area contributed by atoms with Crippen molar-refractivity contribution in [3.8, 4) is 0 Å². The summed E-state index contributed by atoms with van der Waals surface area (Å²) in [5.74, 6) is 0.235. The SMILES string of the molecule is Nc1ccc(F)c(Nc2nccc3ccc(Cl)cc23)n1. The molecule has 0 saturated carbocycles. The number of hydrogen-bond donors (Lipinski definition) is 2. The van der Waals surface area contributed by atoms with Gasteiger partial charge >= 0.3 is 0 Å². The van der Waals surface area contributed by atoms with Gasteiger partial charge in [0.1, 0.15) is 11.6 Å². The highest BCUT2D eigenvalue weighted by atomic mass is 35.5. The monoisotopic (exact) mass is 288 g/mol. The topological polar surface area (TPSA) is 63.8 Å². The summed E-state index contributed by atoms with van der Waals surface area (Å²) in [4.78, 5) is 8.11. The molecule has 0 amide bonds. The zero-order valence-corrected chi connectivity index (χ0v) is 11.0. The van der Waals surface area contributed by atoms with Gasteiger partial charge in [-0.1, -0.05) is 17.7 Å². The van der Waals surface area contributed by atoms with Gasteiger partial charge in [-0.25, -0.2) is 14.4 Å². The Kier molecular flexibility index (Phi) is 3.12. The van der Waals surface area contributed by atoms with Crippen molar-refractivity contribution in [1.29, 1.82) is 0 Å². The normalized spacial score (nSPS) is 10.7. The van der Waals surface area contributed by atoms with Crippen molar-refractivity contribution < 1.29 is 4.39 Å². The Morgan fingerprint density at radius 1 is 1.10 bits per heavy atom. The molecule has 20 heavy (non-hydrogen) atoms. The summed E-state index contributed by atoms with van der Waals surface area (Å²) in [6.07, 6.45) is 1.63. The van der Waals surface area contributed by atoms with Crippen LogP contribution in [0.1, 0.15) is 0 Å². The van der Waals surface area contributed by atoms with Gasteiger partial charge in [-0.15, -0.1) is 0 Å². The first-order valence-electron chi connectivity index (χ1n) is 5.87. The lowest BCUT2D eigenvalue weighted by Gasteiger charge is -2.09. The predicted molar refractivity (Wildman–Crippen MR) is 78.6 cm³/mol. The molecule has 1 aromatic carbocycles. The standard InChI is InChI=1S/C14H10ClFN4/c15-9-2-1-8-5-6-18-13(10(8)7-9)20-14-11(16)3-4-12(17)19-14/h1-7H,(H3,17,18,19,20). The van der Waals surface area contributed by atoms with Crippen LogP contribution in [0.15, 0.2) is 42.6 Å². The number of nitrogens with two attached hydrogens (primary N) is 1. The van der Waals surface area contributed by atoms with Crippen molar-refractivity contribution >= 4 is 39.8 Å². The first-order valence-corrected chi connectivity index (χ1v) is 6.24. The van der Waals surface area contributed by atoms with Crippen LogP contribution in [-0.2, 0) is 0 Å². The third kappa shape index (κ3) is 2.35. The molecule has 100 valence electrons. The first-order chi connectivity index (χ1) is 9.63. The van der Waals surface area contributed by atoms with Crippen molar-refractivity contribution in [2.45, 2.75) is 0 Å². The van der Waals surface area contributed by atoms with E-state index in [1.165, 1.54) is 12.1 Å². The van der Waals surface area contributed by atoms with Gasteiger partial charge in [0.05, 0.1) is 0 Å². The highest BCUT2D eigenvalue weighted by Crippen LogP contribution is 2.27. The Bertz CT molecular complexity index is 791. The number of hydrogen-bond acceptors (Lipinski definition) is 4. The van der Waals surface area contributed by atoms with Crippen LogP contribution < -0.4 is 11.1 Å². The molecule has 3 aromatic rings. The number of fused-ring (bicyclic) bond motifs is 1. The number of nitrogens with zero attached hydrogens (tertiary/aromatic N) is 2. The highest BCUT2D eigenvalue weighted by Gasteiger charge is 2.08. The number of anilines is 3. The average Bonchev–Trinajstić information content (AvgIpc) is 2.43. The maximum Gasteiger partial charge on any atom is 0.170 e. The minimum atomic E-state index is -0.500. The van der Waals surface area contributed by atoms with E-state index in [-0.39, 0.29) is 11.6 Å². The number of halogens is 2. The fourth-order valence-electron chi connectivity index (χ4n) is 1.90. The molecule has 0 aliphatic rings. The Labute approximate surface area is 119 Å². The summed E-state index contributed by atoms with van der Waals surface area (Å²) in [5, 5.41) is 5.15. The van der Waals surface area contributed by atoms with Gasteiger partial charge < -0.3 is 11.1 Å². The van der Waals surface area contributed by atoms with E-state index in [1.807, 2.05) is 12.1 Å². The highest BCUT2D eigenvalue weighted by molar-refractivity contribution is 6.31. The van der Waals surface area contributed by atoms with Crippen LogP contribution in [0.2, 0.25) is 5.02 Å². The maximum atomic E-state index is 13.7. The molecule has 3 rings (SSSR count). The summed E-state index contributed by atoms with van der Waals surface area (Å²) in [6.45, 7) is 0. The third-order valence-corrected chi connectivity index (χ3v) is 3.07. The van der Waals surface area contributed by atoms with Crippen molar-refractivity contribution in [2.75, 3.05) is 11.1 Å². The lowest BCUT2D eigenvalue weighted by Crippen LogP contribution is -2.02. The van der Waals surface area contributed by atoms with Crippen molar-refractivity contribution in [3.63, 3.8) is 0 Å². The van der Waals surface area contributed by atoms with Gasteiger partial charge in [0.15, 0.2) is 11.6 Å². The average molecular weight is 289 g/mol. The van der Waals surface area contributed by atoms with Crippen LogP contribution in [0.5, 0.6) is 0 Å². The van der Waals surface area contributed by atoms with Crippen molar-refractivity contribution in [3.05, 3.63) is 53.4 Å². The van der Waals surface area contributed by atoms with Crippen LogP contribution >= 0.6 is 11.6 Å². The molecule has 0 saturated heterocycles. The smallest absolute Gasteiger partial charge is 0.170 e. The van der Waals surface area contributed by atoms with E-state index in [2.05, 4.69) is 15.3 Å². The minimum Gasteiger partial charge on any atom is -0.384 e. The fourth-order valence-corrected chi connectivity index (χ4v) is 2.07. The van der Waals surface area contributed by atoms with Crippen LogP contribution in [0.25, 0.3) is 10.8 Å². The molecule has 3 N–H and O–H groups in total. The van der Waals surface area contributed by atoms with E-state index >= 15 is 0 Å². The molecular formula is C14H10ClFN4. The molecule has 0 fully saturated rings. The fraction of sp³-hybridized carbons (Fsp3) is 0. The quantitative estimate of drug-likeness (QED) is 0.754. The van der Waals surface area contributed by atoms with Gasteiger partial charge in [0, 0.05) is 16.6 Å². The summed E-state index contributed by atoms with van der Waals surface area (Å²) < 4.78 is 13.7. The molecule has 0 spiro atoms. The number of nitrogens with one attached hydrogen (secondary N) is 1. The Morgan fingerprint density at radius 2 is 1.95 bits per heavy atom. The summed E-state index contributed by atoms with van der Waals surface area (Å²) in [6, 6.07) is 9.91. The van der Waals surface area contributed by atoms with Crippen LogP contribution in [0.4, 0.5) is 21.8 Å². The molecule has 2 aromatic heterocycles. The van der Waals surface area contributed by atoms with Crippen LogP contribution in [0.3, 0.4) is 0 Å². The molecule has 0 atom stereocenters. The van der Waals surface area contributed by atoms with E-state index in [4.69, 9.17) is 17.3 Å². The Morgan fingerprint density at radius 3 is 2.80 bits per heavy atom. The van der Waals surface area contributed by atoms with Crippen LogP contribution in [-0.4, -0.2) is 9.97 Å². The van der Waals surface area contributed by atoms with Gasteiger partial charge in [-0.2, -0.15) is 0 Å². The maximum absolute atomic E-state index is 13.7. The Balaban J connectivity index is 2.10. The molecule has 2 heterocycles. The molecule has 0 radical (unpaired) electrons. The van der Waals surface area contributed by atoms with E-state index in [0.717, 1.165) is 10.8 Å². The second-order valence-corrected chi connectivity index (χ2v) is 4.65. The molecule has 0 aliphatic heterocycles. The molecule has 0 unspecified atom stereocenters. The van der Waals surface area contributed by atoms with E-state index in [9.17, 15) is 4.39 Å². The lowest BCUT2D eigenvalue weighted by atomic mass is 10.1. The van der Waals surface area contributed by atoms with Gasteiger partial charge in [0.25, 0.3) is 0 Å². The van der Waals surface area contributed by atoms with Crippen molar-refractivity contribution in [1.82, 2.24) is 9.97 Å². The zero-order chi connectivity index (χ0) is 14.1. The zero-order valence-electron chi connectivity index (χ0n) is 10.3. The lowest BCUT2D eigenvalue weighted by molar-refractivity contribution is 0.627. The predicted octanol–water partition coefficient (Wildman–Crippen LogP) is 3.75. The molecule has 4 nitrogen and oxygen atoms in total. The number of rotatable bonds is 2. The van der Waals surface area contributed by atoms with E-state index in [0.29, 0.717) is 10.8 Å². The second-order valence-electron chi connectivity index (χ2n) is 4.22. The largest absolute Gasteiger partial charge is 0.384 e. The summed E-state index contributed by atoms with van der Waals surface area (Å²) in [5.41, 5.74) is 5.56. The minimum absolute atomic E-state index is 0.0324. The third-order valence-electron chi connectivity index (χ3n) is 2.83. The summed E-state index contributed by atoms with van der Waals surface area (Å²) in [7, 11) is 0. The molecular weight excluding hydrogens is 279 g/mol. The molecule has 0 bridgehead atoms. The first kappa shape index (κ1) is 12.6. The van der Waals surface area contributed by atoms with Crippen molar-refractivity contribution in [2.24, 2.45) is 0 Å². The number of pyridine rings is 2. The number of aromatic nitrogens is 2. The Hall–Kier alpha value is -2.40. The van der Waals surface area contributed by atoms with E-state index in [1.54, 1.807) is 18.3 Å². The number of nitrogen functional groups attached to an aromatic ring is 1. The number of benzene rings is 1. The van der Waals surface area contributed by atoms with Gasteiger partial charge in [0.2, 0.25) is 0 Å². The van der Waals surface area contributed by atoms with Gasteiger partial charge in [-0.3, -0.25) is 0 Å². The van der Waals surface area contributed by atoms with Gasteiger partial charge in [-0.05, 0) is 35.7 Å². The molecule has 6 heteroatoms. The van der Waals surface area contributed by atoms with Crippen LogP contribution in [0, 0.1) is 5.82 Å². The molecule has 0 aliphatic carbocycles. The second kappa shape index (κ2) is 4.94. The van der Waals surface area contributed by atoms with E-state index < -0.39 is 5.82 Å². The summed E-state index contributed by atoms with van der Waals surface area (Å²) >= 11 is 5.98.